The molecule has 10 heteroatoms. The fraction of sp³-hybridized carbons (Fsp3) is 0.560. The monoisotopic (exact) mass is 484 g/mol. The molecule has 2 N–H and O–H groups in total. The number of hydrogen-bond donors (Lipinski definition) is 2. The van der Waals surface area contributed by atoms with E-state index < -0.39 is 17.6 Å². The number of benzene rings is 1. The van der Waals surface area contributed by atoms with E-state index in [4.69, 9.17) is 4.74 Å². The van der Waals surface area contributed by atoms with Gasteiger partial charge in [0.25, 0.3) is 5.91 Å². The zero-order valence-electron chi connectivity index (χ0n) is 20.4. The van der Waals surface area contributed by atoms with Gasteiger partial charge in [0, 0.05) is 42.9 Å². The summed E-state index contributed by atoms with van der Waals surface area (Å²) in [5.41, 5.74) is 1.37. The maximum absolute atomic E-state index is 13.0. The molecule has 1 aromatic rings. The number of nitrogens with one attached hydrogen (secondary N) is 2. The molecule has 0 spiro atoms. The van der Waals surface area contributed by atoms with E-state index in [-0.39, 0.29) is 49.1 Å². The Hall–Kier alpha value is -3.43. The van der Waals surface area contributed by atoms with Gasteiger partial charge in [-0.1, -0.05) is 6.07 Å². The van der Waals surface area contributed by atoms with Crippen LogP contribution >= 0.6 is 0 Å². The number of ether oxygens (including phenoxy) is 1. The minimum absolute atomic E-state index is 0.0557. The molecule has 35 heavy (non-hydrogen) atoms. The number of carbonyl (C=O) groups excluding carboxylic acids is 5. The Balaban J connectivity index is 1.33. The van der Waals surface area contributed by atoms with E-state index in [1.807, 2.05) is 26.8 Å². The summed E-state index contributed by atoms with van der Waals surface area (Å²) in [5, 5.41) is 5.45. The third kappa shape index (κ3) is 5.47. The lowest BCUT2D eigenvalue weighted by Gasteiger charge is -2.32. The number of piperidine rings is 2. The summed E-state index contributed by atoms with van der Waals surface area (Å²) in [4.78, 5) is 65.0. The van der Waals surface area contributed by atoms with Gasteiger partial charge in [0.2, 0.25) is 17.7 Å². The molecule has 2 saturated heterocycles. The number of carbonyl (C=O) groups is 5. The Kier molecular flexibility index (Phi) is 6.82. The van der Waals surface area contributed by atoms with E-state index in [1.54, 1.807) is 17.0 Å². The molecule has 2 fully saturated rings. The van der Waals surface area contributed by atoms with Gasteiger partial charge >= 0.3 is 5.97 Å². The first-order valence-electron chi connectivity index (χ1n) is 12.0. The van der Waals surface area contributed by atoms with Crippen molar-refractivity contribution in [3.8, 4) is 0 Å². The quantitative estimate of drug-likeness (QED) is 0.479. The third-order valence-electron chi connectivity index (χ3n) is 6.60. The molecular weight excluding hydrogens is 452 g/mol. The smallest absolute Gasteiger partial charge is 0.309 e. The number of amides is 4. The van der Waals surface area contributed by atoms with Gasteiger partial charge in [-0.15, -0.1) is 0 Å². The van der Waals surface area contributed by atoms with E-state index in [9.17, 15) is 24.0 Å². The van der Waals surface area contributed by atoms with Gasteiger partial charge in [0.1, 0.15) is 11.6 Å². The summed E-state index contributed by atoms with van der Waals surface area (Å²) in [7, 11) is 0. The number of likely N-dealkylation sites (tertiary alicyclic amines) is 1. The molecule has 0 saturated carbocycles. The Bertz CT molecular complexity index is 1050. The molecule has 3 aliphatic heterocycles. The highest BCUT2D eigenvalue weighted by molar-refractivity contribution is 6.06. The van der Waals surface area contributed by atoms with Gasteiger partial charge in [-0.3, -0.25) is 29.3 Å². The molecule has 1 atom stereocenters. The van der Waals surface area contributed by atoms with Crippen molar-refractivity contribution < 1.29 is 28.7 Å². The average molecular weight is 485 g/mol. The highest BCUT2D eigenvalue weighted by Gasteiger charge is 2.40. The molecule has 1 unspecified atom stereocenters. The van der Waals surface area contributed by atoms with Crippen LogP contribution in [0, 0.1) is 5.92 Å². The zero-order valence-corrected chi connectivity index (χ0v) is 20.4. The summed E-state index contributed by atoms with van der Waals surface area (Å²) in [6.07, 6.45) is 1.62. The Morgan fingerprint density at radius 1 is 1.11 bits per heavy atom. The van der Waals surface area contributed by atoms with E-state index in [1.165, 1.54) is 4.90 Å². The van der Waals surface area contributed by atoms with Crippen LogP contribution in [-0.2, 0) is 30.5 Å². The lowest BCUT2D eigenvalue weighted by Crippen LogP contribution is -2.52. The average Bonchev–Trinajstić information content (AvgIpc) is 3.13. The molecule has 10 nitrogen and oxygen atoms in total. The van der Waals surface area contributed by atoms with E-state index >= 15 is 0 Å². The molecule has 1 aromatic carbocycles. The van der Waals surface area contributed by atoms with Crippen LogP contribution in [0.4, 0.5) is 5.69 Å². The summed E-state index contributed by atoms with van der Waals surface area (Å²) >= 11 is 0. The predicted molar refractivity (Wildman–Crippen MR) is 126 cm³/mol. The molecule has 0 aliphatic carbocycles. The second-order valence-corrected chi connectivity index (χ2v) is 10.3. The van der Waals surface area contributed by atoms with E-state index in [0.717, 1.165) is 5.56 Å². The fourth-order valence-corrected chi connectivity index (χ4v) is 4.78. The second-order valence-electron chi connectivity index (χ2n) is 10.3. The number of esters is 1. The van der Waals surface area contributed by atoms with E-state index in [0.29, 0.717) is 43.6 Å². The Morgan fingerprint density at radius 2 is 1.83 bits per heavy atom. The van der Waals surface area contributed by atoms with Crippen molar-refractivity contribution in [3.63, 3.8) is 0 Å². The zero-order chi connectivity index (χ0) is 25.3. The fourth-order valence-electron chi connectivity index (χ4n) is 4.78. The Labute approximate surface area is 204 Å². The highest BCUT2D eigenvalue weighted by Crippen LogP contribution is 2.32. The number of fused-ring (bicyclic) bond motifs is 1. The van der Waals surface area contributed by atoms with Crippen LogP contribution in [0.1, 0.15) is 62.4 Å². The van der Waals surface area contributed by atoms with Crippen molar-refractivity contribution in [1.29, 1.82) is 0 Å². The van der Waals surface area contributed by atoms with Gasteiger partial charge in [0.05, 0.1) is 12.5 Å². The van der Waals surface area contributed by atoms with Crippen LogP contribution in [0.15, 0.2) is 18.2 Å². The topological polar surface area (TPSA) is 125 Å². The van der Waals surface area contributed by atoms with Crippen LogP contribution in [0.5, 0.6) is 0 Å². The number of nitrogens with zero attached hydrogens (tertiary/aromatic N) is 2. The molecule has 3 heterocycles. The van der Waals surface area contributed by atoms with Crippen molar-refractivity contribution in [1.82, 2.24) is 15.1 Å². The molecule has 0 bridgehead atoms. The van der Waals surface area contributed by atoms with Gasteiger partial charge in [-0.05, 0) is 52.2 Å². The first kappa shape index (κ1) is 24.7. The van der Waals surface area contributed by atoms with Crippen LogP contribution in [0.2, 0.25) is 0 Å². The van der Waals surface area contributed by atoms with Crippen molar-refractivity contribution >= 4 is 35.3 Å². The number of rotatable bonds is 5. The van der Waals surface area contributed by atoms with Crippen molar-refractivity contribution in [2.24, 2.45) is 5.92 Å². The summed E-state index contributed by atoms with van der Waals surface area (Å²) in [6, 6.07) is 4.57. The number of anilines is 1. The molecule has 3 aliphatic rings. The van der Waals surface area contributed by atoms with Crippen molar-refractivity contribution in [2.75, 3.05) is 25.0 Å². The normalized spacial score (nSPS) is 21.0. The molecule has 0 radical (unpaired) electrons. The second kappa shape index (κ2) is 9.67. The van der Waals surface area contributed by atoms with Gasteiger partial charge in [-0.25, -0.2) is 0 Å². The van der Waals surface area contributed by atoms with Gasteiger partial charge < -0.3 is 19.9 Å². The number of imide groups is 1. The molecule has 0 aromatic heterocycles. The van der Waals surface area contributed by atoms with Crippen LogP contribution < -0.4 is 10.6 Å². The maximum atomic E-state index is 13.0. The lowest BCUT2D eigenvalue weighted by molar-refractivity contribution is -0.162. The third-order valence-corrected chi connectivity index (χ3v) is 6.60. The predicted octanol–water partition coefficient (Wildman–Crippen LogP) is 1.44. The summed E-state index contributed by atoms with van der Waals surface area (Å²) in [6.45, 7) is 6.78. The highest BCUT2D eigenvalue weighted by atomic mass is 16.6. The molecule has 4 rings (SSSR count). The van der Waals surface area contributed by atoms with E-state index in [2.05, 4.69) is 10.6 Å². The SMILES string of the molecule is CC(C)(C)OC(=O)C1CCN(C(=O)CNc2cccc3c2CN(C2CCC(=O)NC2=O)C3=O)CC1. The maximum Gasteiger partial charge on any atom is 0.309 e. The first-order valence-corrected chi connectivity index (χ1v) is 12.0. The Morgan fingerprint density at radius 3 is 2.49 bits per heavy atom. The summed E-state index contributed by atoms with van der Waals surface area (Å²) < 4.78 is 5.47. The van der Waals surface area contributed by atoms with Crippen LogP contribution in [-0.4, -0.2) is 70.7 Å². The van der Waals surface area contributed by atoms with Crippen LogP contribution in [0.25, 0.3) is 0 Å². The number of hydrogen-bond acceptors (Lipinski definition) is 7. The molecular formula is C25H32N4O6. The van der Waals surface area contributed by atoms with Crippen LogP contribution in [0.3, 0.4) is 0 Å². The molecule has 4 amide bonds. The largest absolute Gasteiger partial charge is 0.460 e. The van der Waals surface area contributed by atoms with Gasteiger partial charge in [0.15, 0.2) is 0 Å². The minimum Gasteiger partial charge on any atom is -0.460 e. The lowest BCUT2D eigenvalue weighted by atomic mass is 9.96. The van der Waals surface area contributed by atoms with Crippen molar-refractivity contribution in [3.05, 3.63) is 29.3 Å². The van der Waals surface area contributed by atoms with Crippen molar-refractivity contribution in [2.45, 2.75) is 64.6 Å². The van der Waals surface area contributed by atoms with Gasteiger partial charge in [-0.2, -0.15) is 0 Å². The minimum atomic E-state index is -0.687. The standard InChI is InChI=1S/C25H32N4O6/c1-25(2,3)35-24(34)15-9-11-28(12-10-15)21(31)13-26-18-6-4-5-16-17(18)14-29(23(16)33)19-7-8-20(30)27-22(19)32/h4-6,15,19,26H,7-14H2,1-3H3,(H,27,30,32). The summed E-state index contributed by atoms with van der Waals surface area (Å²) in [5.74, 6) is -1.54. The molecule has 188 valence electrons. The first-order chi connectivity index (χ1) is 16.5.